The molecule has 0 bridgehead atoms. The average Bonchev–Trinajstić information content (AvgIpc) is 2.67. The number of anilines is 1. The molecule has 0 unspecified atom stereocenters. The van der Waals surface area contributed by atoms with E-state index in [0.29, 0.717) is 23.6 Å². The second-order valence-corrected chi connectivity index (χ2v) is 8.19. The minimum absolute atomic E-state index is 0.148. The van der Waals surface area contributed by atoms with Gasteiger partial charge in [-0.25, -0.2) is 9.69 Å². The van der Waals surface area contributed by atoms with Crippen LogP contribution < -0.4 is 15.0 Å². The Balaban J connectivity index is 2.04. The number of rotatable bonds is 5. The number of carbonyl (C=O) groups excluding carboxylic acids is 3. The summed E-state index contributed by atoms with van der Waals surface area (Å²) in [5.41, 5.74) is 1.65. The van der Waals surface area contributed by atoms with Gasteiger partial charge in [-0.05, 0) is 61.4 Å². The largest absolute Gasteiger partial charge is 0.493 e. The standard InChI is InChI=1S/C21H18Br2N2O4/c1-3-8-29-18-7-4-14(22)10-13(18)11-16-19(26)24-21(28)25(20(16)27)15-5-6-17(23)12(2)9-15/h4-7,9-11H,3,8H2,1-2H3,(H,24,26,28)/b16-11-. The Bertz CT molecular complexity index is 1030. The first-order chi connectivity index (χ1) is 13.8. The lowest BCUT2D eigenvalue weighted by Gasteiger charge is -2.27. The summed E-state index contributed by atoms with van der Waals surface area (Å²) in [6.07, 6.45) is 2.26. The molecule has 0 aromatic heterocycles. The van der Waals surface area contributed by atoms with Crippen molar-refractivity contribution in [1.82, 2.24) is 5.32 Å². The molecule has 6 nitrogen and oxygen atoms in total. The van der Waals surface area contributed by atoms with Gasteiger partial charge in [-0.1, -0.05) is 38.8 Å². The Labute approximate surface area is 185 Å². The first-order valence-electron chi connectivity index (χ1n) is 8.91. The van der Waals surface area contributed by atoms with Crippen molar-refractivity contribution in [2.45, 2.75) is 20.3 Å². The van der Waals surface area contributed by atoms with Gasteiger partial charge in [0.1, 0.15) is 11.3 Å². The Hall–Kier alpha value is -2.45. The van der Waals surface area contributed by atoms with E-state index in [1.807, 2.05) is 19.9 Å². The summed E-state index contributed by atoms with van der Waals surface area (Å²) >= 11 is 6.79. The molecule has 0 saturated carbocycles. The fourth-order valence-electron chi connectivity index (χ4n) is 2.79. The van der Waals surface area contributed by atoms with Crippen LogP contribution in [0.5, 0.6) is 5.75 Å². The number of aryl methyl sites for hydroxylation is 1. The van der Waals surface area contributed by atoms with E-state index >= 15 is 0 Å². The topological polar surface area (TPSA) is 75.7 Å². The van der Waals surface area contributed by atoms with Crippen LogP contribution in [0.25, 0.3) is 6.08 Å². The van der Waals surface area contributed by atoms with E-state index in [2.05, 4.69) is 37.2 Å². The zero-order valence-electron chi connectivity index (χ0n) is 15.8. The third-order valence-electron chi connectivity index (χ3n) is 4.23. The van der Waals surface area contributed by atoms with Crippen LogP contribution in [0.3, 0.4) is 0 Å². The van der Waals surface area contributed by atoms with E-state index in [1.54, 1.807) is 30.3 Å². The number of halogens is 2. The molecule has 1 aliphatic heterocycles. The molecular weight excluding hydrogens is 504 g/mol. The Morgan fingerprint density at radius 3 is 2.55 bits per heavy atom. The monoisotopic (exact) mass is 520 g/mol. The lowest BCUT2D eigenvalue weighted by Crippen LogP contribution is -2.54. The molecular formula is C21H18Br2N2O4. The lowest BCUT2D eigenvalue weighted by molar-refractivity contribution is -0.122. The Morgan fingerprint density at radius 2 is 1.86 bits per heavy atom. The van der Waals surface area contributed by atoms with E-state index in [4.69, 9.17) is 4.74 Å². The number of hydrogen-bond donors (Lipinski definition) is 1. The Morgan fingerprint density at radius 1 is 1.10 bits per heavy atom. The van der Waals surface area contributed by atoms with Crippen LogP contribution in [0, 0.1) is 6.92 Å². The number of hydrogen-bond acceptors (Lipinski definition) is 4. The summed E-state index contributed by atoms with van der Waals surface area (Å²) in [7, 11) is 0. The number of carbonyl (C=O) groups is 3. The van der Waals surface area contributed by atoms with Crippen LogP contribution in [-0.4, -0.2) is 24.5 Å². The minimum Gasteiger partial charge on any atom is -0.493 e. The van der Waals surface area contributed by atoms with Crippen molar-refractivity contribution in [2.75, 3.05) is 11.5 Å². The highest BCUT2D eigenvalue weighted by Crippen LogP contribution is 2.29. The zero-order valence-corrected chi connectivity index (χ0v) is 19.0. The first kappa shape index (κ1) is 21.3. The summed E-state index contributed by atoms with van der Waals surface area (Å²) < 4.78 is 7.34. The van der Waals surface area contributed by atoms with Crippen LogP contribution in [0.4, 0.5) is 10.5 Å². The summed E-state index contributed by atoms with van der Waals surface area (Å²) in [4.78, 5) is 38.8. The number of imide groups is 2. The summed E-state index contributed by atoms with van der Waals surface area (Å²) in [6, 6.07) is 9.63. The average molecular weight is 522 g/mol. The molecule has 29 heavy (non-hydrogen) atoms. The van der Waals surface area contributed by atoms with Gasteiger partial charge in [0.05, 0.1) is 12.3 Å². The molecule has 2 aromatic rings. The molecule has 1 heterocycles. The van der Waals surface area contributed by atoms with E-state index in [1.165, 1.54) is 6.08 Å². The van der Waals surface area contributed by atoms with Gasteiger partial charge in [-0.3, -0.25) is 14.9 Å². The van der Waals surface area contributed by atoms with Crippen LogP contribution in [0.15, 0.2) is 50.9 Å². The van der Waals surface area contributed by atoms with Crippen LogP contribution in [0.2, 0.25) is 0 Å². The summed E-state index contributed by atoms with van der Waals surface area (Å²) in [5, 5.41) is 2.23. The number of nitrogens with zero attached hydrogens (tertiary/aromatic N) is 1. The zero-order chi connectivity index (χ0) is 21.1. The van der Waals surface area contributed by atoms with Gasteiger partial charge < -0.3 is 4.74 Å². The first-order valence-corrected chi connectivity index (χ1v) is 10.5. The molecule has 0 radical (unpaired) electrons. The number of ether oxygens (including phenoxy) is 1. The second kappa shape index (κ2) is 8.92. The van der Waals surface area contributed by atoms with Crippen molar-refractivity contribution in [3.8, 4) is 5.75 Å². The van der Waals surface area contributed by atoms with E-state index in [0.717, 1.165) is 25.8 Å². The second-order valence-electron chi connectivity index (χ2n) is 6.42. The Kier molecular flexibility index (Phi) is 6.54. The van der Waals surface area contributed by atoms with Crippen LogP contribution in [-0.2, 0) is 9.59 Å². The number of benzene rings is 2. The predicted molar refractivity (Wildman–Crippen MR) is 118 cm³/mol. The van der Waals surface area contributed by atoms with Crippen molar-refractivity contribution in [2.24, 2.45) is 0 Å². The van der Waals surface area contributed by atoms with Crippen molar-refractivity contribution in [3.63, 3.8) is 0 Å². The lowest BCUT2D eigenvalue weighted by atomic mass is 10.1. The van der Waals surface area contributed by atoms with Gasteiger partial charge in [0.2, 0.25) is 0 Å². The number of nitrogens with one attached hydrogen (secondary N) is 1. The van der Waals surface area contributed by atoms with E-state index < -0.39 is 17.8 Å². The van der Waals surface area contributed by atoms with E-state index in [9.17, 15) is 14.4 Å². The number of urea groups is 1. The summed E-state index contributed by atoms with van der Waals surface area (Å²) in [5.74, 6) is -0.889. The van der Waals surface area contributed by atoms with Crippen molar-refractivity contribution < 1.29 is 19.1 Å². The molecule has 2 aromatic carbocycles. The predicted octanol–water partition coefficient (Wildman–Crippen LogP) is 4.98. The van der Waals surface area contributed by atoms with Gasteiger partial charge >= 0.3 is 6.03 Å². The molecule has 0 atom stereocenters. The smallest absolute Gasteiger partial charge is 0.335 e. The molecule has 3 rings (SSSR count). The van der Waals surface area contributed by atoms with Crippen LogP contribution in [0.1, 0.15) is 24.5 Å². The molecule has 4 amide bonds. The maximum absolute atomic E-state index is 13.1. The molecule has 1 saturated heterocycles. The number of amides is 4. The molecule has 0 spiro atoms. The molecule has 150 valence electrons. The SMILES string of the molecule is CCCOc1ccc(Br)cc1/C=C1/C(=O)NC(=O)N(c2ccc(Br)c(C)c2)C1=O. The van der Waals surface area contributed by atoms with Crippen molar-refractivity contribution in [1.29, 1.82) is 0 Å². The highest BCUT2D eigenvalue weighted by molar-refractivity contribution is 9.10. The fraction of sp³-hybridized carbons (Fsp3) is 0.190. The van der Waals surface area contributed by atoms with Crippen molar-refractivity contribution in [3.05, 3.63) is 62.0 Å². The van der Waals surface area contributed by atoms with Gasteiger partial charge in [-0.15, -0.1) is 0 Å². The number of barbiturate groups is 1. The van der Waals surface area contributed by atoms with Gasteiger partial charge in [0.15, 0.2) is 0 Å². The van der Waals surface area contributed by atoms with Gasteiger partial charge in [-0.2, -0.15) is 0 Å². The highest BCUT2D eigenvalue weighted by Gasteiger charge is 2.37. The molecule has 1 N–H and O–H groups in total. The normalized spacial score (nSPS) is 15.7. The van der Waals surface area contributed by atoms with Gasteiger partial charge in [0.25, 0.3) is 11.8 Å². The van der Waals surface area contributed by atoms with Crippen molar-refractivity contribution >= 4 is 61.5 Å². The molecule has 1 fully saturated rings. The third kappa shape index (κ3) is 4.59. The van der Waals surface area contributed by atoms with E-state index in [-0.39, 0.29) is 5.57 Å². The third-order valence-corrected chi connectivity index (χ3v) is 5.62. The molecule has 8 heteroatoms. The quantitative estimate of drug-likeness (QED) is 0.445. The fourth-order valence-corrected chi connectivity index (χ4v) is 3.42. The van der Waals surface area contributed by atoms with Gasteiger partial charge in [0, 0.05) is 14.5 Å². The molecule has 0 aliphatic carbocycles. The van der Waals surface area contributed by atoms with Crippen LogP contribution >= 0.6 is 31.9 Å². The highest BCUT2D eigenvalue weighted by atomic mass is 79.9. The molecule has 1 aliphatic rings. The summed E-state index contributed by atoms with van der Waals surface area (Å²) in [6.45, 7) is 4.33. The minimum atomic E-state index is -0.782. The maximum Gasteiger partial charge on any atom is 0.335 e. The maximum atomic E-state index is 13.1.